The molecule has 0 unspecified atom stereocenters. The van der Waals surface area contributed by atoms with Crippen LogP contribution in [0.25, 0.3) is 11.0 Å². The average Bonchev–Trinajstić information content (AvgIpc) is 2.75. The lowest BCUT2D eigenvalue weighted by Gasteiger charge is -2.10. The second-order valence-electron chi connectivity index (χ2n) is 4.89. The first-order chi connectivity index (χ1) is 9.52. The molecule has 0 spiro atoms. The number of benzene rings is 1. The standard InChI is InChI=1S/C14H17ClFN3O/c1-9(2)17-13(20)6-7-19-11-5-3-4-10(16)14(11)18-12(19)8-15/h3-5,9H,6-8H2,1-2H3,(H,17,20). The Balaban J connectivity index is 2.24. The highest BCUT2D eigenvalue weighted by Gasteiger charge is 2.14. The molecule has 2 rings (SSSR count). The lowest BCUT2D eigenvalue weighted by molar-refractivity contribution is -0.121. The Morgan fingerprint density at radius 2 is 2.25 bits per heavy atom. The summed E-state index contributed by atoms with van der Waals surface area (Å²) in [6.45, 7) is 4.24. The normalized spacial score (nSPS) is 11.2. The number of rotatable bonds is 5. The van der Waals surface area contributed by atoms with E-state index in [1.54, 1.807) is 16.7 Å². The maximum atomic E-state index is 13.7. The van der Waals surface area contributed by atoms with E-state index in [1.165, 1.54) is 6.07 Å². The number of imidazole rings is 1. The van der Waals surface area contributed by atoms with Crippen LogP contribution in [0.15, 0.2) is 18.2 Å². The van der Waals surface area contributed by atoms with Gasteiger partial charge >= 0.3 is 0 Å². The number of aromatic nitrogens is 2. The summed E-state index contributed by atoms with van der Waals surface area (Å²) < 4.78 is 15.5. The van der Waals surface area contributed by atoms with Crippen LogP contribution in [0.1, 0.15) is 26.1 Å². The van der Waals surface area contributed by atoms with Crippen LogP contribution in [0.2, 0.25) is 0 Å². The van der Waals surface area contributed by atoms with E-state index in [0.29, 0.717) is 29.8 Å². The predicted molar refractivity (Wildman–Crippen MR) is 77.1 cm³/mol. The summed E-state index contributed by atoms with van der Waals surface area (Å²) in [4.78, 5) is 15.9. The minimum absolute atomic E-state index is 0.0428. The molecule has 6 heteroatoms. The molecule has 0 saturated heterocycles. The highest BCUT2D eigenvalue weighted by Crippen LogP contribution is 2.20. The fraction of sp³-hybridized carbons (Fsp3) is 0.429. The highest BCUT2D eigenvalue weighted by molar-refractivity contribution is 6.16. The molecule has 1 aromatic heterocycles. The fourth-order valence-electron chi connectivity index (χ4n) is 2.12. The molecule has 0 aliphatic carbocycles. The van der Waals surface area contributed by atoms with Crippen molar-refractivity contribution >= 4 is 28.5 Å². The first-order valence-electron chi connectivity index (χ1n) is 6.52. The molecule has 1 amide bonds. The Morgan fingerprint density at radius 3 is 2.90 bits per heavy atom. The van der Waals surface area contributed by atoms with Crippen molar-refractivity contribution < 1.29 is 9.18 Å². The van der Waals surface area contributed by atoms with Gasteiger partial charge in [-0.2, -0.15) is 0 Å². The lowest BCUT2D eigenvalue weighted by atomic mass is 10.3. The summed E-state index contributed by atoms with van der Waals surface area (Å²) in [6.07, 6.45) is 0.310. The Labute approximate surface area is 121 Å². The molecule has 0 bridgehead atoms. The van der Waals surface area contributed by atoms with Crippen LogP contribution in [0.5, 0.6) is 0 Å². The number of aryl methyl sites for hydroxylation is 1. The third kappa shape index (κ3) is 3.10. The molecule has 0 fully saturated rings. The Bertz CT molecular complexity index is 624. The van der Waals surface area contributed by atoms with Gasteiger partial charge in [0.1, 0.15) is 11.3 Å². The van der Waals surface area contributed by atoms with E-state index >= 15 is 0 Å². The fourth-order valence-corrected chi connectivity index (χ4v) is 2.32. The molecule has 0 aliphatic rings. The van der Waals surface area contributed by atoms with Gasteiger partial charge in [-0.3, -0.25) is 4.79 Å². The number of nitrogens with zero attached hydrogens (tertiary/aromatic N) is 2. The maximum Gasteiger partial charge on any atom is 0.221 e. The number of carbonyl (C=O) groups excluding carboxylic acids is 1. The van der Waals surface area contributed by atoms with Crippen molar-refractivity contribution in [2.24, 2.45) is 0 Å². The summed E-state index contributed by atoms with van der Waals surface area (Å²) in [7, 11) is 0. The maximum absolute atomic E-state index is 13.7. The monoisotopic (exact) mass is 297 g/mol. The average molecular weight is 298 g/mol. The molecule has 0 atom stereocenters. The van der Waals surface area contributed by atoms with Crippen LogP contribution in [-0.4, -0.2) is 21.5 Å². The zero-order valence-electron chi connectivity index (χ0n) is 11.5. The van der Waals surface area contributed by atoms with Gasteiger partial charge in [0.05, 0.1) is 11.4 Å². The predicted octanol–water partition coefficient (Wildman–Crippen LogP) is 2.83. The summed E-state index contributed by atoms with van der Waals surface area (Å²) in [6, 6.07) is 4.87. The molecular weight excluding hydrogens is 281 g/mol. The van der Waals surface area contributed by atoms with Gasteiger partial charge in [-0.25, -0.2) is 9.37 Å². The van der Waals surface area contributed by atoms with Gasteiger partial charge in [0, 0.05) is 19.0 Å². The third-order valence-electron chi connectivity index (χ3n) is 2.94. The van der Waals surface area contributed by atoms with E-state index < -0.39 is 0 Å². The summed E-state index contributed by atoms with van der Waals surface area (Å²) in [5, 5.41) is 2.82. The zero-order chi connectivity index (χ0) is 14.7. The van der Waals surface area contributed by atoms with Gasteiger partial charge < -0.3 is 9.88 Å². The van der Waals surface area contributed by atoms with E-state index in [0.717, 1.165) is 0 Å². The molecule has 4 nitrogen and oxygen atoms in total. The molecule has 0 radical (unpaired) electrons. The van der Waals surface area contributed by atoms with Gasteiger partial charge in [0.2, 0.25) is 5.91 Å². The van der Waals surface area contributed by atoms with E-state index in [4.69, 9.17) is 11.6 Å². The number of halogens is 2. The van der Waals surface area contributed by atoms with Crippen LogP contribution in [0, 0.1) is 5.82 Å². The topological polar surface area (TPSA) is 46.9 Å². The number of alkyl halides is 1. The molecule has 1 aromatic carbocycles. The van der Waals surface area contributed by atoms with Crippen molar-refractivity contribution in [1.82, 2.24) is 14.9 Å². The van der Waals surface area contributed by atoms with Crippen LogP contribution in [0.4, 0.5) is 4.39 Å². The van der Waals surface area contributed by atoms with Crippen molar-refractivity contribution in [2.75, 3.05) is 0 Å². The van der Waals surface area contributed by atoms with Crippen LogP contribution >= 0.6 is 11.6 Å². The number of amides is 1. The quantitative estimate of drug-likeness (QED) is 0.863. The van der Waals surface area contributed by atoms with Crippen molar-refractivity contribution in [3.63, 3.8) is 0 Å². The van der Waals surface area contributed by atoms with Gasteiger partial charge in [-0.1, -0.05) is 6.07 Å². The number of carbonyl (C=O) groups is 1. The van der Waals surface area contributed by atoms with Crippen molar-refractivity contribution in [3.05, 3.63) is 29.8 Å². The van der Waals surface area contributed by atoms with Gasteiger partial charge in [-0.05, 0) is 26.0 Å². The van der Waals surface area contributed by atoms with Crippen molar-refractivity contribution in [2.45, 2.75) is 38.7 Å². The summed E-state index contributed by atoms with van der Waals surface area (Å²) >= 11 is 5.85. The summed E-state index contributed by atoms with van der Waals surface area (Å²) in [5.74, 6) is 0.335. The van der Waals surface area contributed by atoms with Gasteiger partial charge in [-0.15, -0.1) is 11.6 Å². The summed E-state index contributed by atoms with van der Waals surface area (Å²) in [5.41, 5.74) is 0.963. The number of hydrogen-bond donors (Lipinski definition) is 1. The van der Waals surface area contributed by atoms with Crippen LogP contribution < -0.4 is 5.32 Å². The number of nitrogens with one attached hydrogen (secondary N) is 1. The van der Waals surface area contributed by atoms with Gasteiger partial charge in [0.15, 0.2) is 5.82 Å². The lowest BCUT2D eigenvalue weighted by Crippen LogP contribution is -2.30. The first-order valence-corrected chi connectivity index (χ1v) is 7.05. The van der Waals surface area contributed by atoms with E-state index in [1.807, 2.05) is 13.8 Å². The highest BCUT2D eigenvalue weighted by atomic mass is 35.5. The zero-order valence-corrected chi connectivity index (χ0v) is 12.2. The third-order valence-corrected chi connectivity index (χ3v) is 3.18. The first kappa shape index (κ1) is 14.8. The Hall–Kier alpha value is -1.62. The number of para-hydroxylation sites is 1. The smallest absolute Gasteiger partial charge is 0.221 e. The number of fused-ring (bicyclic) bond motifs is 1. The molecule has 108 valence electrons. The molecule has 1 N–H and O–H groups in total. The largest absolute Gasteiger partial charge is 0.354 e. The molecule has 2 aromatic rings. The minimum atomic E-state index is -0.376. The van der Waals surface area contributed by atoms with Gasteiger partial charge in [0.25, 0.3) is 0 Å². The van der Waals surface area contributed by atoms with Crippen molar-refractivity contribution in [1.29, 1.82) is 0 Å². The Morgan fingerprint density at radius 1 is 1.50 bits per heavy atom. The van der Waals surface area contributed by atoms with E-state index in [2.05, 4.69) is 10.3 Å². The van der Waals surface area contributed by atoms with Crippen LogP contribution in [-0.2, 0) is 17.2 Å². The van der Waals surface area contributed by atoms with E-state index in [-0.39, 0.29) is 23.6 Å². The van der Waals surface area contributed by atoms with Crippen molar-refractivity contribution in [3.8, 4) is 0 Å². The molecule has 0 saturated carbocycles. The molecular formula is C14H17ClFN3O. The molecule has 0 aliphatic heterocycles. The van der Waals surface area contributed by atoms with Crippen LogP contribution in [0.3, 0.4) is 0 Å². The molecule has 1 heterocycles. The minimum Gasteiger partial charge on any atom is -0.354 e. The molecule has 20 heavy (non-hydrogen) atoms. The van der Waals surface area contributed by atoms with E-state index in [9.17, 15) is 9.18 Å². The number of hydrogen-bond acceptors (Lipinski definition) is 2. The Kier molecular flexibility index (Phi) is 4.60. The second kappa shape index (κ2) is 6.22. The second-order valence-corrected chi connectivity index (χ2v) is 5.16. The SMILES string of the molecule is CC(C)NC(=O)CCn1c(CCl)nc2c(F)cccc21.